The number of hydrogen-bond acceptors (Lipinski definition) is 5. The van der Waals surface area contributed by atoms with E-state index in [2.05, 4.69) is 13.8 Å². The van der Waals surface area contributed by atoms with Gasteiger partial charge in [0.25, 0.3) is 0 Å². The second kappa shape index (κ2) is 8.82. The number of rotatable bonds is 8. The van der Waals surface area contributed by atoms with Gasteiger partial charge in [0.15, 0.2) is 6.29 Å². The average molecular weight is 262 g/mol. The maximum Gasteiger partial charge on any atom is 0.183 e. The van der Waals surface area contributed by atoms with Gasteiger partial charge in [0.2, 0.25) is 0 Å². The maximum absolute atomic E-state index is 10.1. The predicted octanol–water partition coefficient (Wildman–Crippen LogP) is 1.07. The SMILES string of the molecule is CCCCOC1C(O)[C@H](OCCCC)CO[C@@H]1O. The van der Waals surface area contributed by atoms with Crippen LogP contribution in [0, 0.1) is 0 Å². The molecule has 5 nitrogen and oxygen atoms in total. The van der Waals surface area contributed by atoms with E-state index in [0.717, 1.165) is 25.7 Å². The molecule has 0 radical (unpaired) electrons. The van der Waals surface area contributed by atoms with Crippen LogP contribution >= 0.6 is 0 Å². The summed E-state index contributed by atoms with van der Waals surface area (Å²) in [6.07, 6.45) is 0.887. The molecule has 1 saturated heterocycles. The second-order valence-corrected chi connectivity index (χ2v) is 4.67. The van der Waals surface area contributed by atoms with E-state index < -0.39 is 24.6 Å². The molecule has 0 spiro atoms. The van der Waals surface area contributed by atoms with Gasteiger partial charge >= 0.3 is 0 Å². The summed E-state index contributed by atoms with van der Waals surface area (Å²) in [5.74, 6) is 0. The van der Waals surface area contributed by atoms with Crippen molar-refractivity contribution in [1.82, 2.24) is 0 Å². The third kappa shape index (κ3) is 4.82. The lowest BCUT2D eigenvalue weighted by molar-refractivity contribution is -0.272. The highest BCUT2D eigenvalue weighted by atomic mass is 16.7. The van der Waals surface area contributed by atoms with Crippen LogP contribution in [0.1, 0.15) is 39.5 Å². The number of unbranched alkanes of at least 4 members (excludes halogenated alkanes) is 2. The van der Waals surface area contributed by atoms with Crippen LogP contribution in [0.25, 0.3) is 0 Å². The summed E-state index contributed by atoms with van der Waals surface area (Å²) in [6, 6.07) is 0. The molecule has 1 heterocycles. The van der Waals surface area contributed by atoms with E-state index >= 15 is 0 Å². The molecule has 1 aliphatic heterocycles. The van der Waals surface area contributed by atoms with E-state index in [4.69, 9.17) is 14.2 Å². The van der Waals surface area contributed by atoms with E-state index in [1.165, 1.54) is 0 Å². The smallest absolute Gasteiger partial charge is 0.183 e. The summed E-state index contributed by atoms with van der Waals surface area (Å²) < 4.78 is 16.2. The molecule has 108 valence electrons. The minimum absolute atomic E-state index is 0.208. The van der Waals surface area contributed by atoms with Crippen LogP contribution in [0.2, 0.25) is 0 Å². The van der Waals surface area contributed by atoms with Crippen LogP contribution in [-0.2, 0) is 14.2 Å². The Labute approximate surface area is 109 Å². The molecule has 0 saturated carbocycles. The molecule has 0 aromatic heterocycles. The summed E-state index contributed by atoms with van der Waals surface area (Å²) in [5, 5.41) is 19.8. The van der Waals surface area contributed by atoms with Crippen LogP contribution in [0.5, 0.6) is 0 Å². The van der Waals surface area contributed by atoms with Gasteiger partial charge in [0.05, 0.1) is 6.61 Å². The average Bonchev–Trinajstić information content (AvgIpc) is 2.36. The minimum Gasteiger partial charge on any atom is -0.387 e. The largest absolute Gasteiger partial charge is 0.387 e. The Kier molecular flexibility index (Phi) is 7.77. The van der Waals surface area contributed by atoms with Crippen molar-refractivity contribution in [2.24, 2.45) is 0 Å². The van der Waals surface area contributed by atoms with Crippen molar-refractivity contribution in [3.05, 3.63) is 0 Å². The fraction of sp³-hybridized carbons (Fsp3) is 1.00. The molecular weight excluding hydrogens is 236 g/mol. The molecule has 1 aliphatic rings. The van der Waals surface area contributed by atoms with Crippen molar-refractivity contribution < 1.29 is 24.4 Å². The van der Waals surface area contributed by atoms with E-state index in [-0.39, 0.29) is 6.61 Å². The highest BCUT2D eigenvalue weighted by Gasteiger charge is 2.40. The fourth-order valence-corrected chi connectivity index (χ4v) is 1.84. The summed E-state index contributed by atoms with van der Waals surface area (Å²) in [6.45, 7) is 5.46. The second-order valence-electron chi connectivity index (χ2n) is 4.67. The molecule has 2 unspecified atom stereocenters. The first-order chi connectivity index (χ1) is 8.70. The summed E-state index contributed by atoms with van der Waals surface area (Å²) >= 11 is 0. The molecule has 18 heavy (non-hydrogen) atoms. The van der Waals surface area contributed by atoms with Gasteiger partial charge in [-0.1, -0.05) is 26.7 Å². The van der Waals surface area contributed by atoms with Crippen LogP contribution in [0.4, 0.5) is 0 Å². The fourth-order valence-electron chi connectivity index (χ4n) is 1.84. The van der Waals surface area contributed by atoms with Crippen LogP contribution in [0.3, 0.4) is 0 Å². The van der Waals surface area contributed by atoms with Crippen molar-refractivity contribution in [2.75, 3.05) is 19.8 Å². The van der Waals surface area contributed by atoms with Gasteiger partial charge in [-0.3, -0.25) is 0 Å². The Morgan fingerprint density at radius 2 is 1.67 bits per heavy atom. The predicted molar refractivity (Wildman–Crippen MR) is 67.3 cm³/mol. The standard InChI is InChI=1S/C13H26O5/c1-3-5-7-16-10-9-18-13(15)12(11(10)14)17-8-6-4-2/h10-15H,3-9H2,1-2H3/t10-,11?,12?,13+/m1/s1. The Balaban J connectivity index is 2.38. The first kappa shape index (κ1) is 15.9. The van der Waals surface area contributed by atoms with Crippen LogP contribution < -0.4 is 0 Å². The molecular formula is C13H26O5. The molecule has 0 aromatic carbocycles. The third-order valence-electron chi connectivity index (χ3n) is 3.07. The molecule has 5 heteroatoms. The number of ether oxygens (including phenoxy) is 3. The Hall–Kier alpha value is -0.200. The van der Waals surface area contributed by atoms with E-state index in [1.54, 1.807) is 0 Å². The van der Waals surface area contributed by atoms with Gasteiger partial charge in [-0.25, -0.2) is 0 Å². The number of hydrogen-bond donors (Lipinski definition) is 2. The highest BCUT2D eigenvalue weighted by Crippen LogP contribution is 2.20. The molecule has 0 bridgehead atoms. The zero-order chi connectivity index (χ0) is 13.4. The van der Waals surface area contributed by atoms with Crippen molar-refractivity contribution in [2.45, 2.75) is 64.1 Å². The van der Waals surface area contributed by atoms with E-state index in [0.29, 0.717) is 13.2 Å². The van der Waals surface area contributed by atoms with Gasteiger partial charge in [-0.2, -0.15) is 0 Å². The summed E-state index contributed by atoms with van der Waals surface area (Å²) in [5.41, 5.74) is 0. The van der Waals surface area contributed by atoms with Gasteiger partial charge < -0.3 is 24.4 Å². The van der Waals surface area contributed by atoms with E-state index in [9.17, 15) is 10.2 Å². The number of aliphatic hydroxyl groups excluding tert-OH is 2. The molecule has 0 amide bonds. The first-order valence-electron chi connectivity index (χ1n) is 6.91. The van der Waals surface area contributed by atoms with Crippen LogP contribution in [0.15, 0.2) is 0 Å². The lowest BCUT2D eigenvalue weighted by atomic mass is 10.1. The molecule has 0 aromatic rings. The van der Waals surface area contributed by atoms with Gasteiger partial charge in [0, 0.05) is 13.2 Å². The van der Waals surface area contributed by atoms with Gasteiger partial charge in [0.1, 0.15) is 18.3 Å². The molecule has 1 fully saturated rings. The molecule has 4 atom stereocenters. The zero-order valence-electron chi connectivity index (χ0n) is 11.4. The minimum atomic E-state index is -1.07. The Morgan fingerprint density at radius 3 is 2.28 bits per heavy atom. The van der Waals surface area contributed by atoms with Crippen molar-refractivity contribution in [3.63, 3.8) is 0 Å². The number of aliphatic hydroxyl groups is 2. The summed E-state index contributed by atoms with van der Waals surface area (Å²) in [7, 11) is 0. The quantitative estimate of drug-likeness (QED) is 0.640. The van der Waals surface area contributed by atoms with Crippen molar-refractivity contribution >= 4 is 0 Å². The molecule has 0 aliphatic carbocycles. The molecule has 2 N–H and O–H groups in total. The first-order valence-corrected chi connectivity index (χ1v) is 6.91. The van der Waals surface area contributed by atoms with Crippen LogP contribution in [-0.4, -0.2) is 54.6 Å². The Morgan fingerprint density at radius 1 is 1.06 bits per heavy atom. The van der Waals surface area contributed by atoms with E-state index in [1.807, 2.05) is 0 Å². The monoisotopic (exact) mass is 262 g/mol. The molecule has 1 rings (SSSR count). The van der Waals surface area contributed by atoms with Crippen molar-refractivity contribution in [1.29, 1.82) is 0 Å². The van der Waals surface area contributed by atoms with Gasteiger partial charge in [-0.15, -0.1) is 0 Å². The third-order valence-corrected chi connectivity index (χ3v) is 3.07. The lowest BCUT2D eigenvalue weighted by Crippen LogP contribution is -2.55. The van der Waals surface area contributed by atoms with Crippen molar-refractivity contribution in [3.8, 4) is 0 Å². The summed E-state index contributed by atoms with van der Waals surface area (Å²) in [4.78, 5) is 0. The maximum atomic E-state index is 10.1. The lowest BCUT2D eigenvalue weighted by Gasteiger charge is -2.37. The normalized spacial score (nSPS) is 32.7. The van der Waals surface area contributed by atoms with Gasteiger partial charge in [-0.05, 0) is 12.8 Å². The zero-order valence-corrected chi connectivity index (χ0v) is 11.4. The highest BCUT2D eigenvalue weighted by molar-refractivity contribution is 4.84. The topological polar surface area (TPSA) is 68.2 Å². The Bertz CT molecular complexity index is 212.